The maximum atomic E-state index is 12.6. The van der Waals surface area contributed by atoms with E-state index in [1.165, 1.54) is 16.5 Å². The zero-order valence-corrected chi connectivity index (χ0v) is 15.1. The fourth-order valence-corrected chi connectivity index (χ4v) is 3.82. The molecule has 1 aliphatic heterocycles. The summed E-state index contributed by atoms with van der Waals surface area (Å²) in [5.74, 6) is 0. The van der Waals surface area contributed by atoms with Gasteiger partial charge >= 0.3 is 5.69 Å². The Morgan fingerprint density at radius 3 is 2.62 bits per heavy atom. The molecule has 2 aromatic rings. The van der Waals surface area contributed by atoms with Crippen LogP contribution in [0, 0.1) is 0 Å². The van der Waals surface area contributed by atoms with Gasteiger partial charge in [0, 0.05) is 24.6 Å². The van der Waals surface area contributed by atoms with Crippen molar-refractivity contribution in [1.82, 2.24) is 13.9 Å². The van der Waals surface area contributed by atoms with Crippen molar-refractivity contribution in [3.63, 3.8) is 0 Å². The Kier molecular flexibility index (Phi) is 4.85. The van der Waals surface area contributed by atoms with Crippen LogP contribution < -0.4 is 16.0 Å². The topological polar surface area (TPSA) is 65.3 Å². The monoisotopic (exact) mass is 349 g/mol. The minimum atomic E-state index is -0.244. The van der Waals surface area contributed by atoms with Crippen LogP contribution >= 0.6 is 11.9 Å². The molecule has 0 amide bonds. The molecular formula is C17H23N3O3S. The fourth-order valence-electron chi connectivity index (χ4n) is 2.98. The van der Waals surface area contributed by atoms with Gasteiger partial charge in [0.1, 0.15) is 0 Å². The smallest absolute Gasteiger partial charge is 0.331 e. The second kappa shape index (κ2) is 6.74. The largest absolute Gasteiger partial charge is 0.379 e. The second-order valence-corrected chi connectivity index (χ2v) is 7.20. The van der Waals surface area contributed by atoms with Crippen LogP contribution in [0.4, 0.5) is 0 Å². The van der Waals surface area contributed by atoms with Crippen LogP contribution in [0.5, 0.6) is 0 Å². The first-order chi connectivity index (χ1) is 11.5. The Morgan fingerprint density at radius 1 is 1.25 bits per heavy atom. The molecule has 1 atom stereocenters. The van der Waals surface area contributed by atoms with Crippen molar-refractivity contribution in [1.29, 1.82) is 0 Å². The number of fused-ring (bicyclic) bond motifs is 1. The van der Waals surface area contributed by atoms with Crippen molar-refractivity contribution in [2.75, 3.05) is 13.2 Å². The molecule has 0 saturated carbocycles. The van der Waals surface area contributed by atoms with Crippen LogP contribution in [0.25, 0.3) is 10.9 Å². The average Bonchev–Trinajstić information content (AvgIpc) is 3.01. The van der Waals surface area contributed by atoms with Crippen molar-refractivity contribution >= 4 is 22.9 Å². The summed E-state index contributed by atoms with van der Waals surface area (Å²) in [5, 5.41) is 0.581. The highest BCUT2D eigenvalue weighted by Crippen LogP contribution is 2.25. The van der Waals surface area contributed by atoms with Crippen molar-refractivity contribution in [2.45, 2.75) is 50.7 Å². The summed E-state index contributed by atoms with van der Waals surface area (Å²) in [6.45, 7) is 8.23. The number of ether oxygens (including phenoxy) is 1. The highest BCUT2D eigenvalue weighted by atomic mass is 32.2. The van der Waals surface area contributed by atoms with Gasteiger partial charge in [0.2, 0.25) is 0 Å². The van der Waals surface area contributed by atoms with E-state index in [0.717, 1.165) is 17.9 Å². The Morgan fingerprint density at radius 2 is 2.00 bits per heavy atom. The minimum Gasteiger partial charge on any atom is -0.379 e. The number of hydrogen-bond donors (Lipinski definition) is 1. The lowest BCUT2D eigenvalue weighted by Gasteiger charge is -2.22. The van der Waals surface area contributed by atoms with Crippen molar-refractivity contribution in [2.24, 2.45) is 0 Å². The van der Waals surface area contributed by atoms with E-state index in [1.807, 2.05) is 32.0 Å². The molecule has 1 unspecified atom stereocenters. The number of nitrogens with one attached hydrogen (secondary N) is 1. The normalized spacial score (nSPS) is 20.8. The number of hydrogen-bond acceptors (Lipinski definition) is 5. The summed E-state index contributed by atoms with van der Waals surface area (Å²) in [6, 6.07) is 5.67. The van der Waals surface area contributed by atoms with Gasteiger partial charge in [0.05, 0.1) is 23.0 Å². The molecule has 1 N–H and O–H groups in total. The lowest BCUT2D eigenvalue weighted by Crippen LogP contribution is -2.39. The van der Waals surface area contributed by atoms with Gasteiger partial charge in [-0.1, -0.05) is 0 Å². The highest BCUT2D eigenvalue weighted by Gasteiger charge is 2.29. The summed E-state index contributed by atoms with van der Waals surface area (Å²) in [6.07, 6.45) is 0.964. The molecule has 130 valence electrons. The van der Waals surface area contributed by atoms with E-state index in [2.05, 4.69) is 11.6 Å². The Hall–Kier alpha value is -1.57. The van der Waals surface area contributed by atoms with Gasteiger partial charge in [-0.3, -0.25) is 18.7 Å². The predicted octanol–water partition coefficient (Wildman–Crippen LogP) is 1.98. The molecule has 1 saturated heterocycles. The molecule has 24 heavy (non-hydrogen) atoms. The maximum Gasteiger partial charge on any atom is 0.331 e. The molecule has 0 radical (unpaired) electrons. The van der Waals surface area contributed by atoms with Crippen LogP contribution in [0.3, 0.4) is 0 Å². The molecule has 6 nitrogen and oxygen atoms in total. The number of rotatable bonds is 5. The molecular weight excluding hydrogens is 326 g/mol. The number of aryl methyl sites for hydroxylation is 1. The van der Waals surface area contributed by atoms with Gasteiger partial charge in [-0.25, -0.2) is 4.79 Å². The molecule has 0 spiro atoms. The lowest BCUT2D eigenvalue weighted by molar-refractivity contribution is 0.179. The molecule has 0 bridgehead atoms. The summed E-state index contributed by atoms with van der Waals surface area (Å²) < 4.78 is 11.8. The van der Waals surface area contributed by atoms with Crippen LogP contribution in [0.15, 0.2) is 32.7 Å². The zero-order chi connectivity index (χ0) is 17.3. The van der Waals surface area contributed by atoms with Gasteiger partial charge in [0.25, 0.3) is 5.56 Å². The van der Waals surface area contributed by atoms with Crippen molar-refractivity contribution in [3.8, 4) is 0 Å². The van der Waals surface area contributed by atoms with Gasteiger partial charge in [-0.2, -0.15) is 0 Å². The third-order valence-corrected chi connectivity index (χ3v) is 5.55. The second-order valence-electron chi connectivity index (χ2n) is 6.32. The first-order valence-electron chi connectivity index (χ1n) is 8.28. The molecule has 1 aliphatic rings. The molecule has 1 aromatic carbocycles. The Balaban J connectivity index is 2.01. The first-order valence-corrected chi connectivity index (χ1v) is 9.10. The molecule has 0 aliphatic carbocycles. The summed E-state index contributed by atoms with van der Waals surface area (Å²) in [7, 11) is 0. The third kappa shape index (κ3) is 3.03. The molecule has 1 fully saturated rings. The quantitative estimate of drug-likeness (QED) is 0.836. The van der Waals surface area contributed by atoms with Gasteiger partial charge in [-0.15, -0.1) is 0 Å². The number of nitrogens with zero attached hydrogens (tertiary/aromatic N) is 2. The van der Waals surface area contributed by atoms with Crippen LogP contribution in [-0.2, 0) is 17.8 Å². The van der Waals surface area contributed by atoms with Crippen LogP contribution in [0.1, 0.15) is 27.2 Å². The zero-order valence-electron chi connectivity index (χ0n) is 14.3. The first kappa shape index (κ1) is 17.3. The van der Waals surface area contributed by atoms with Crippen LogP contribution in [-0.4, -0.2) is 27.9 Å². The fraction of sp³-hybridized carbons (Fsp3) is 0.529. The highest BCUT2D eigenvalue weighted by molar-refractivity contribution is 7.97. The summed E-state index contributed by atoms with van der Waals surface area (Å²) in [5.41, 5.74) is 0.175. The van der Waals surface area contributed by atoms with E-state index in [4.69, 9.17) is 4.74 Å². The third-order valence-electron chi connectivity index (χ3n) is 4.46. The molecule has 3 rings (SSSR count). The van der Waals surface area contributed by atoms with E-state index in [0.29, 0.717) is 30.6 Å². The summed E-state index contributed by atoms with van der Waals surface area (Å²) >= 11 is 1.51. The standard InChI is InChI=1S/C17H23N3O3S/c1-4-19-14-7-6-12(24-18-17(3)8-9-23-11-17)10-13(14)15(21)20(5-2)16(19)22/h6-7,10,18H,4-5,8-9,11H2,1-3H3. The minimum absolute atomic E-state index is 0.0501. The van der Waals surface area contributed by atoms with E-state index in [1.54, 1.807) is 4.57 Å². The van der Waals surface area contributed by atoms with E-state index in [-0.39, 0.29) is 16.8 Å². The van der Waals surface area contributed by atoms with Crippen molar-refractivity contribution in [3.05, 3.63) is 39.0 Å². The maximum absolute atomic E-state index is 12.6. The van der Waals surface area contributed by atoms with Gasteiger partial charge in [0.15, 0.2) is 0 Å². The van der Waals surface area contributed by atoms with Crippen LogP contribution in [0.2, 0.25) is 0 Å². The molecule has 2 heterocycles. The Bertz CT molecular complexity index is 866. The van der Waals surface area contributed by atoms with Gasteiger partial charge < -0.3 is 4.74 Å². The SMILES string of the molecule is CCn1c(=O)c2cc(SNC3(C)CCOC3)ccc2n(CC)c1=O. The average molecular weight is 349 g/mol. The molecule has 1 aromatic heterocycles. The van der Waals surface area contributed by atoms with Gasteiger partial charge in [-0.05, 0) is 57.3 Å². The lowest BCUT2D eigenvalue weighted by atomic mass is 10.0. The van der Waals surface area contributed by atoms with E-state index >= 15 is 0 Å². The molecule has 7 heteroatoms. The van der Waals surface area contributed by atoms with E-state index in [9.17, 15) is 9.59 Å². The predicted molar refractivity (Wildman–Crippen MR) is 96.6 cm³/mol. The van der Waals surface area contributed by atoms with Crippen molar-refractivity contribution < 1.29 is 4.74 Å². The number of benzene rings is 1. The number of aromatic nitrogens is 2. The van der Waals surface area contributed by atoms with E-state index < -0.39 is 0 Å². The summed E-state index contributed by atoms with van der Waals surface area (Å²) in [4.78, 5) is 26.0. The Labute approximate surface area is 144 Å².